The number of phenols is 2. The number of Topliss-reactive ketones (excluding diaryl/α,β-unsaturated/α-hetero) is 1. The third kappa shape index (κ3) is 5.63. The number of phenolic OH excluding ortho intramolecular Hbond substituents is 2. The van der Waals surface area contributed by atoms with Gasteiger partial charge in [-0.2, -0.15) is 0 Å². The predicted octanol–water partition coefficient (Wildman–Crippen LogP) is 4.73. The van der Waals surface area contributed by atoms with Crippen LogP contribution in [0.2, 0.25) is 0 Å². The van der Waals surface area contributed by atoms with E-state index in [0.717, 1.165) is 47.1 Å². The molecule has 7 heteroatoms. The standard InChI is InChI=1S/C28H26O7/c1-15(2)5-11-24(19-14-23(32)26-21(30)8-9-22(31)27(26)28(19)34)35-25(33)12-10-20(29)18-13-16(3)6-7-17(18)4/h5-10,12-14,24,30-31H,11H2,1-4H3/b12-10+. The number of ether oxygens (including phenoxy) is 1. The van der Waals surface area contributed by atoms with E-state index in [-0.39, 0.29) is 28.9 Å². The minimum atomic E-state index is -1.15. The smallest absolute Gasteiger partial charge is 0.331 e. The van der Waals surface area contributed by atoms with Crippen molar-refractivity contribution >= 4 is 23.3 Å². The minimum absolute atomic E-state index is 0.0899. The van der Waals surface area contributed by atoms with Crippen LogP contribution in [0.15, 0.2) is 65.8 Å². The van der Waals surface area contributed by atoms with Crippen molar-refractivity contribution in [3.05, 3.63) is 93.6 Å². The zero-order chi connectivity index (χ0) is 25.9. The van der Waals surface area contributed by atoms with Crippen molar-refractivity contribution in [1.82, 2.24) is 0 Å². The van der Waals surface area contributed by atoms with Gasteiger partial charge in [0.2, 0.25) is 0 Å². The van der Waals surface area contributed by atoms with Crippen LogP contribution in [-0.2, 0) is 9.53 Å². The molecule has 2 aromatic carbocycles. The molecule has 0 radical (unpaired) electrons. The summed E-state index contributed by atoms with van der Waals surface area (Å²) in [5.74, 6) is -3.57. The first-order valence-corrected chi connectivity index (χ1v) is 11.0. The van der Waals surface area contributed by atoms with Gasteiger partial charge in [0.25, 0.3) is 0 Å². The van der Waals surface area contributed by atoms with Crippen molar-refractivity contribution in [3.8, 4) is 11.5 Å². The number of fused-ring (bicyclic) bond motifs is 1. The van der Waals surface area contributed by atoms with Crippen molar-refractivity contribution in [2.45, 2.75) is 40.2 Å². The zero-order valence-corrected chi connectivity index (χ0v) is 19.9. The lowest BCUT2D eigenvalue weighted by molar-refractivity contribution is -0.141. The molecule has 1 aliphatic rings. The second-order valence-corrected chi connectivity index (χ2v) is 8.61. The molecule has 35 heavy (non-hydrogen) atoms. The second kappa shape index (κ2) is 10.3. The van der Waals surface area contributed by atoms with Gasteiger partial charge in [0.05, 0.1) is 11.1 Å². The normalized spacial score (nSPS) is 13.8. The van der Waals surface area contributed by atoms with Gasteiger partial charge in [0.1, 0.15) is 17.6 Å². The van der Waals surface area contributed by atoms with Crippen LogP contribution >= 0.6 is 0 Å². The highest BCUT2D eigenvalue weighted by Crippen LogP contribution is 2.36. The lowest BCUT2D eigenvalue weighted by Crippen LogP contribution is -2.28. The number of carbonyl (C=O) groups excluding carboxylic acids is 4. The Balaban J connectivity index is 1.89. The van der Waals surface area contributed by atoms with Gasteiger partial charge < -0.3 is 14.9 Å². The number of ketones is 3. The maximum Gasteiger partial charge on any atom is 0.331 e. The lowest BCUT2D eigenvalue weighted by atomic mass is 9.85. The van der Waals surface area contributed by atoms with Crippen molar-refractivity contribution in [2.24, 2.45) is 0 Å². The number of aromatic hydroxyl groups is 2. The lowest BCUT2D eigenvalue weighted by Gasteiger charge is -2.23. The summed E-state index contributed by atoms with van der Waals surface area (Å²) in [6.45, 7) is 7.29. The summed E-state index contributed by atoms with van der Waals surface area (Å²) in [5, 5.41) is 20.2. The molecule has 0 saturated carbocycles. The van der Waals surface area contributed by atoms with Gasteiger partial charge in [-0.1, -0.05) is 29.3 Å². The molecule has 0 fully saturated rings. The van der Waals surface area contributed by atoms with Crippen LogP contribution in [0.25, 0.3) is 0 Å². The van der Waals surface area contributed by atoms with Crippen molar-refractivity contribution < 1.29 is 34.1 Å². The van der Waals surface area contributed by atoms with Crippen LogP contribution in [0.4, 0.5) is 0 Å². The molecule has 1 aliphatic carbocycles. The monoisotopic (exact) mass is 474 g/mol. The molecule has 7 nitrogen and oxygen atoms in total. The van der Waals surface area contributed by atoms with Gasteiger partial charge in [0.15, 0.2) is 17.3 Å². The molecule has 3 rings (SSSR count). The van der Waals surface area contributed by atoms with Crippen LogP contribution in [0, 0.1) is 13.8 Å². The average Bonchev–Trinajstić information content (AvgIpc) is 2.80. The first-order valence-electron chi connectivity index (χ1n) is 11.0. The van der Waals surface area contributed by atoms with E-state index in [1.165, 1.54) is 0 Å². The summed E-state index contributed by atoms with van der Waals surface area (Å²) in [5.41, 5.74) is 2.23. The maximum atomic E-state index is 13.1. The van der Waals surface area contributed by atoms with Crippen molar-refractivity contribution in [3.63, 3.8) is 0 Å². The Hall–Kier alpha value is -4.26. The van der Waals surface area contributed by atoms with Crippen LogP contribution < -0.4 is 0 Å². The van der Waals surface area contributed by atoms with E-state index in [1.54, 1.807) is 19.1 Å². The number of allylic oxidation sites excluding steroid dienone is 3. The molecule has 0 spiro atoms. The maximum absolute atomic E-state index is 13.1. The predicted molar refractivity (Wildman–Crippen MR) is 130 cm³/mol. The van der Waals surface area contributed by atoms with Crippen molar-refractivity contribution in [1.29, 1.82) is 0 Å². The molecule has 180 valence electrons. The number of carbonyl (C=O) groups is 4. The Morgan fingerprint density at radius 3 is 2.29 bits per heavy atom. The Labute approximate surface area is 203 Å². The number of hydrogen-bond acceptors (Lipinski definition) is 7. The van der Waals surface area contributed by atoms with Gasteiger partial charge in [-0.05, 0) is 63.6 Å². The largest absolute Gasteiger partial charge is 0.507 e. The van der Waals surface area contributed by atoms with E-state index in [4.69, 9.17) is 4.74 Å². The number of hydrogen-bond donors (Lipinski definition) is 2. The van der Waals surface area contributed by atoms with Crippen LogP contribution in [0.5, 0.6) is 11.5 Å². The Morgan fingerprint density at radius 1 is 0.971 bits per heavy atom. The number of esters is 1. The molecule has 1 atom stereocenters. The molecule has 2 N–H and O–H groups in total. The molecular weight excluding hydrogens is 448 g/mol. The molecule has 0 heterocycles. The minimum Gasteiger partial charge on any atom is -0.507 e. The second-order valence-electron chi connectivity index (χ2n) is 8.61. The van der Waals surface area contributed by atoms with Crippen LogP contribution in [0.1, 0.15) is 62.5 Å². The van der Waals surface area contributed by atoms with Crippen LogP contribution in [0.3, 0.4) is 0 Å². The highest BCUT2D eigenvalue weighted by atomic mass is 16.5. The quantitative estimate of drug-likeness (QED) is 0.196. The highest BCUT2D eigenvalue weighted by molar-refractivity contribution is 6.27. The third-order valence-corrected chi connectivity index (χ3v) is 5.56. The molecule has 2 aromatic rings. The summed E-state index contributed by atoms with van der Waals surface area (Å²) in [6, 6.07) is 7.65. The van der Waals surface area contributed by atoms with Gasteiger partial charge in [-0.25, -0.2) is 4.79 Å². The fourth-order valence-corrected chi connectivity index (χ4v) is 3.72. The SMILES string of the molecule is CC(C)=CCC(OC(=O)/C=C/C(=O)c1cc(C)ccc1C)C1=CC(=O)c2c(O)ccc(O)c2C1=O. The summed E-state index contributed by atoms with van der Waals surface area (Å²) >= 11 is 0. The summed E-state index contributed by atoms with van der Waals surface area (Å²) in [6.07, 6.45) is 3.76. The average molecular weight is 475 g/mol. The fraction of sp³-hybridized carbons (Fsp3) is 0.214. The third-order valence-electron chi connectivity index (χ3n) is 5.56. The Kier molecular flexibility index (Phi) is 7.49. The van der Waals surface area contributed by atoms with Crippen LogP contribution in [-0.4, -0.2) is 39.6 Å². The molecule has 0 aromatic heterocycles. The molecular formula is C28H26O7. The number of rotatable bonds is 7. The molecule has 0 amide bonds. The van der Waals surface area contributed by atoms with E-state index >= 15 is 0 Å². The molecule has 1 unspecified atom stereocenters. The zero-order valence-electron chi connectivity index (χ0n) is 19.9. The Bertz CT molecular complexity index is 1320. The van der Waals surface area contributed by atoms with E-state index in [2.05, 4.69) is 0 Å². The summed E-state index contributed by atoms with van der Waals surface area (Å²) in [4.78, 5) is 51.0. The fourth-order valence-electron chi connectivity index (χ4n) is 3.72. The number of aryl methyl sites for hydroxylation is 2. The Morgan fingerprint density at radius 2 is 1.63 bits per heavy atom. The van der Waals surface area contributed by atoms with E-state index in [9.17, 15) is 29.4 Å². The van der Waals surface area contributed by atoms with Gasteiger partial charge >= 0.3 is 5.97 Å². The summed E-state index contributed by atoms with van der Waals surface area (Å²) in [7, 11) is 0. The molecule has 0 aliphatic heterocycles. The van der Waals surface area contributed by atoms with E-state index in [0.29, 0.717) is 5.56 Å². The van der Waals surface area contributed by atoms with Gasteiger partial charge in [0, 0.05) is 23.6 Å². The van der Waals surface area contributed by atoms with Gasteiger partial charge in [-0.3, -0.25) is 14.4 Å². The van der Waals surface area contributed by atoms with Crippen molar-refractivity contribution in [2.75, 3.05) is 0 Å². The van der Waals surface area contributed by atoms with Gasteiger partial charge in [-0.15, -0.1) is 0 Å². The first-order chi connectivity index (χ1) is 16.5. The molecule has 0 saturated heterocycles. The first kappa shape index (κ1) is 25.4. The number of benzene rings is 2. The highest BCUT2D eigenvalue weighted by Gasteiger charge is 2.35. The topological polar surface area (TPSA) is 118 Å². The van der Waals surface area contributed by atoms with E-state index < -0.39 is 35.1 Å². The summed E-state index contributed by atoms with van der Waals surface area (Å²) < 4.78 is 5.48. The molecule has 0 bridgehead atoms. The van der Waals surface area contributed by atoms with E-state index in [1.807, 2.05) is 32.9 Å².